The van der Waals surface area contributed by atoms with Gasteiger partial charge in [0.15, 0.2) is 0 Å². The molecule has 6 heteroatoms. The van der Waals surface area contributed by atoms with E-state index in [9.17, 15) is 19.2 Å². The van der Waals surface area contributed by atoms with Crippen LogP contribution < -0.4 is 0 Å². The molecule has 0 aliphatic carbocycles. The molecule has 0 rings (SSSR count). The van der Waals surface area contributed by atoms with E-state index in [0.717, 1.165) is 19.3 Å². The first-order valence-electron chi connectivity index (χ1n) is 5.42. The zero-order valence-electron chi connectivity index (χ0n) is 9.48. The molecule has 0 saturated heterocycles. The number of carbonyl (C=O) groups is 2. The molecule has 0 unspecified atom stereocenters. The molecule has 0 heterocycles. The molecular weight excluding hydrogens is 224 g/mol. The predicted octanol–water partition coefficient (Wildman–Crippen LogP) is 1.44. The van der Waals surface area contributed by atoms with Gasteiger partial charge >= 0.3 is 0 Å². The number of isocyanates is 2. The van der Waals surface area contributed by atoms with Gasteiger partial charge in [-0.3, -0.25) is 9.59 Å². The third-order valence-corrected chi connectivity index (χ3v) is 2.12. The lowest BCUT2D eigenvalue weighted by molar-refractivity contribution is -0.118. The second-order valence-corrected chi connectivity index (χ2v) is 3.46. The number of hydrogen-bond acceptors (Lipinski definition) is 4. The predicted molar refractivity (Wildman–Crippen MR) is 58.6 cm³/mol. The number of nitrogens with zero attached hydrogens (tertiary/aromatic N) is 2. The minimum absolute atomic E-state index is 0.254. The topological polar surface area (TPSA) is 93.0 Å². The molecule has 0 aliphatic heterocycles. The van der Waals surface area contributed by atoms with Crippen molar-refractivity contribution in [2.75, 3.05) is 0 Å². The van der Waals surface area contributed by atoms with Crippen molar-refractivity contribution in [1.29, 1.82) is 0 Å². The summed E-state index contributed by atoms with van der Waals surface area (Å²) >= 11 is 0. The van der Waals surface area contributed by atoms with Crippen LogP contribution in [0.1, 0.15) is 44.9 Å². The largest absolute Gasteiger partial charge is 0.272 e. The van der Waals surface area contributed by atoms with Crippen molar-refractivity contribution < 1.29 is 19.2 Å². The van der Waals surface area contributed by atoms with Crippen molar-refractivity contribution in [3.8, 4) is 0 Å². The summed E-state index contributed by atoms with van der Waals surface area (Å²) < 4.78 is 0. The lowest BCUT2D eigenvalue weighted by atomic mass is 10.1. The zero-order chi connectivity index (χ0) is 12.9. The SMILES string of the molecule is O=C=NC(=O)CCCCCCCC(=O)N=C=O. The van der Waals surface area contributed by atoms with Gasteiger partial charge in [-0.1, -0.05) is 19.3 Å². The lowest BCUT2D eigenvalue weighted by Crippen LogP contribution is -1.93. The number of unbranched alkanes of at least 4 members (excludes halogenated alkanes) is 4. The Bertz CT molecular complexity index is 318. The van der Waals surface area contributed by atoms with E-state index in [1.165, 1.54) is 12.2 Å². The highest BCUT2D eigenvalue weighted by Crippen LogP contribution is 2.08. The monoisotopic (exact) mass is 238 g/mol. The van der Waals surface area contributed by atoms with Gasteiger partial charge in [0.25, 0.3) is 11.8 Å². The van der Waals surface area contributed by atoms with Crippen molar-refractivity contribution in [1.82, 2.24) is 0 Å². The molecular formula is C11H14N2O4. The summed E-state index contributed by atoms with van der Waals surface area (Å²) in [7, 11) is 0. The minimum atomic E-state index is -0.449. The molecule has 0 radical (unpaired) electrons. The van der Waals surface area contributed by atoms with Crippen molar-refractivity contribution >= 4 is 24.0 Å². The number of carbonyl (C=O) groups excluding carboxylic acids is 4. The fourth-order valence-electron chi connectivity index (χ4n) is 1.30. The van der Waals surface area contributed by atoms with Gasteiger partial charge in [0.1, 0.15) is 0 Å². The van der Waals surface area contributed by atoms with E-state index in [1.54, 1.807) is 0 Å². The Hall–Kier alpha value is -1.90. The average Bonchev–Trinajstić information content (AvgIpc) is 2.28. The van der Waals surface area contributed by atoms with Gasteiger partial charge in [0.2, 0.25) is 12.2 Å². The molecule has 0 saturated carbocycles. The van der Waals surface area contributed by atoms with Gasteiger partial charge in [-0.15, -0.1) is 9.98 Å². The van der Waals surface area contributed by atoms with E-state index in [4.69, 9.17) is 0 Å². The summed E-state index contributed by atoms with van der Waals surface area (Å²) in [5, 5.41) is 0. The van der Waals surface area contributed by atoms with Crippen LogP contribution >= 0.6 is 0 Å². The first-order valence-corrected chi connectivity index (χ1v) is 5.42. The van der Waals surface area contributed by atoms with Crippen LogP contribution in [0.5, 0.6) is 0 Å². The zero-order valence-corrected chi connectivity index (χ0v) is 9.48. The number of amides is 2. The molecule has 17 heavy (non-hydrogen) atoms. The molecule has 92 valence electrons. The van der Waals surface area contributed by atoms with E-state index in [2.05, 4.69) is 9.98 Å². The van der Waals surface area contributed by atoms with Crippen molar-refractivity contribution in [2.45, 2.75) is 44.9 Å². The van der Waals surface area contributed by atoms with E-state index < -0.39 is 11.8 Å². The van der Waals surface area contributed by atoms with Crippen molar-refractivity contribution in [3.63, 3.8) is 0 Å². The molecule has 0 N–H and O–H groups in total. The normalized spacial score (nSPS) is 8.94. The van der Waals surface area contributed by atoms with Gasteiger partial charge in [-0.2, -0.15) is 0 Å². The van der Waals surface area contributed by atoms with Crippen LogP contribution in [0.3, 0.4) is 0 Å². The highest BCUT2D eigenvalue weighted by atomic mass is 16.2. The second-order valence-electron chi connectivity index (χ2n) is 3.46. The Kier molecular flexibility index (Phi) is 9.43. The number of hydrogen-bond donors (Lipinski definition) is 0. The van der Waals surface area contributed by atoms with Crippen LogP contribution in [0.15, 0.2) is 9.98 Å². The summed E-state index contributed by atoms with van der Waals surface area (Å²) in [6.45, 7) is 0. The van der Waals surface area contributed by atoms with Gasteiger partial charge in [0.05, 0.1) is 0 Å². The van der Waals surface area contributed by atoms with E-state index in [0.29, 0.717) is 12.8 Å². The van der Waals surface area contributed by atoms with Gasteiger partial charge in [0, 0.05) is 12.8 Å². The lowest BCUT2D eigenvalue weighted by Gasteiger charge is -1.98. The van der Waals surface area contributed by atoms with Crippen LogP contribution in [0.25, 0.3) is 0 Å². The van der Waals surface area contributed by atoms with E-state index in [-0.39, 0.29) is 12.8 Å². The summed E-state index contributed by atoms with van der Waals surface area (Å²) in [5.41, 5.74) is 0. The van der Waals surface area contributed by atoms with Gasteiger partial charge in [-0.25, -0.2) is 9.59 Å². The molecule has 6 nitrogen and oxygen atoms in total. The molecule has 0 bridgehead atoms. The first kappa shape index (κ1) is 15.1. The molecule has 2 amide bonds. The Balaban J connectivity index is 3.35. The fraction of sp³-hybridized carbons (Fsp3) is 0.636. The quantitative estimate of drug-likeness (QED) is 0.363. The van der Waals surface area contributed by atoms with Crippen LogP contribution in [-0.4, -0.2) is 24.0 Å². The summed E-state index contributed by atoms with van der Waals surface area (Å²) in [6.07, 6.45) is 6.81. The molecule has 0 spiro atoms. The van der Waals surface area contributed by atoms with Crippen LogP contribution in [0, 0.1) is 0 Å². The summed E-state index contributed by atoms with van der Waals surface area (Å²) in [4.78, 5) is 46.9. The molecule has 0 fully saturated rings. The maximum absolute atomic E-state index is 10.8. The van der Waals surface area contributed by atoms with Crippen LogP contribution in [0.2, 0.25) is 0 Å². The standard InChI is InChI=1S/C11H14N2O4/c14-8-12-10(16)6-4-2-1-3-5-7-11(17)13-9-15/h1-7H2. The van der Waals surface area contributed by atoms with Crippen molar-refractivity contribution in [2.24, 2.45) is 9.98 Å². The molecule has 0 aromatic rings. The Morgan fingerprint density at radius 1 is 0.706 bits per heavy atom. The number of aliphatic imine (C=N–C) groups is 2. The van der Waals surface area contributed by atoms with Gasteiger partial charge in [-0.05, 0) is 12.8 Å². The van der Waals surface area contributed by atoms with E-state index in [1.807, 2.05) is 0 Å². The van der Waals surface area contributed by atoms with E-state index >= 15 is 0 Å². The Morgan fingerprint density at radius 3 is 1.41 bits per heavy atom. The smallest absolute Gasteiger partial charge is 0.256 e. The summed E-state index contributed by atoms with van der Waals surface area (Å²) in [5.74, 6) is -0.897. The minimum Gasteiger partial charge on any atom is -0.272 e. The maximum Gasteiger partial charge on any atom is 0.256 e. The third-order valence-electron chi connectivity index (χ3n) is 2.12. The Morgan fingerprint density at radius 2 is 1.06 bits per heavy atom. The molecule has 0 aromatic heterocycles. The molecule has 0 atom stereocenters. The highest BCUT2D eigenvalue weighted by Gasteiger charge is 2.00. The molecule has 0 aromatic carbocycles. The molecule has 0 aliphatic rings. The summed E-state index contributed by atoms with van der Waals surface area (Å²) in [6, 6.07) is 0. The second kappa shape index (κ2) is 10.6. The third kappa shape index (κ3) is 10.4. The first-order chi connectivity index (χ1) is 8.20. The maximum atomic E-state index is 10.8. The Labute approximate surface area is 98.8 Å². The number of rotatable bonds is 8. The van der Waals surface area contributed by atoms with Gasteiger partial charge < -0.3 is 0 Å². The van der Waals surface area contributed by atoms with Crippen LogP contribution in [0.4, 0.5) is 0 Å². The van der Waals surface area contributed by atoms with Crippen molar-refractivity contribution in [3.05, 3.63) is 0 Å². The highest BCUT2D eigenvalue weighted by molar-refractivity contribution is 5.81. The van der Waals surface area contributed by atoms with Crippen LogP contribution in [-0.2, 0) is 19.2 Å². The fourth-order valence-corrected chi connectivity index (χ4v) is 1.30. The average molecular weight is 238 g/mol.